The summed E-state index contributed by atoms with van der Waals surface area (Å²) < 4.78 is 0. The zero-order valence-electron chi connectivity index (χ0n) is 12.3. The molecule has 0 saturated carbocycles. The van der Waals surface area contributed by atoms with Crippen molar-refractivity contribution >= 4 is 29.2 Å². The molecule has 5 nitrogen and oxygen atoms in total. The number of amides is 3. The average molecular weight is 316 g/mol. The Bertz CT molecular complexity index is 765. The van der Waals surface area contributed by atoms with Gasteiger partial charge in [-0.25, -0.2) is 9.69 Å². The SMILES string of the molecule is Cc1c(N2C(=O)N(C)C3(C=CCC3)C2=O)ccc(C#N)c1Cl. The first-order chi connectivity index (χ1) is 10.4. The smallest absolute Gasteiger partial charge is 0.309 e. The Balaban J connectivity index is 2.12. The van der Waals surface area contributed by atoms with E-state index in [2.05, 4.69) is 0 Å². The molecule has 1 unspecified atom stereocenters. The summed E-state index contributed by atoms with van der Waals surface area (Å²) in [7, 11) is 1.64. The second kappa shape index (κ2) is 4.85. The molecule has 112 valence electrons. The van der Waals surface area contributed by atoms with Crippen LogP contribution in [0.1, 0.15) is 24.0 Å². The highest BCUT2D eigenvalue weighted by Gasteiger charge is 2.55. The molecule has 1 aromatic rings. The van der Waals surface area contributed by atoms with E-state index in [4.69, 9.17) is 16.9 Å². The molecule has 1 aliphatic carbocycles. The van der Waals surface area contributed by atoms with Gasteiger partial charge in [-0.1, -0.05) is 23.8 Å². The molecule has 0 bridgehead atoms. The van der Waals surface area contributed by atoms with Gasteiger partial charge in [-0.2, -0.15) is 5.26 Å². The summed E-state index contributed by atoms with van der Waals surface area (Å²) in [6, 6.07) is 4.74. The molecule has 2 aliphatic rings. The van der Waals surface area contributed by atoms with E-state index in [0.717, 1.165) is 11.3 Å². The van der Waals surface area contributed by atoms with Crippen LogP contribution in [0.25, 0.3) is 0 Å². The highest BCUT2D eigenvalue weighted by Crippen LogP contribution is 2.40. The maximum absolute atomic E-state index is 12.9. The van der Waals surface area contributed by atoms with Crippen LogP contribution in [0.3, 0.4) is 0 Å². The fourth-order valence-corrected chi connectivity index (χ4v) is 3.29. The van der Waals surface area contributed by atoms with Gasteiger partial charge in [0.05, 0.1) is 16.3 Å². The Morgan fingerprint density at radius 2 is 2.09 bits per heavy atom. The van der Waals surface area contributed by atoms with Crippen LogP contribution in [-0.2, 0) is 4.79 Å². The van der Waals surface area contributed by atoms with Gasteiger partial charge in [0.25, 0.3) is 5.91 Å². The number of allylic oxidation sites excluding steroid dienone is 1. The number of likely N-dealkylation sites (N-methyl/N-ethyl adjacent to an activating group) is 1. The number of anilines is 1. The zero-order chi connectivity index (χ0) is 16.1. The molecule has 22 heavy (non-hydrogen) atoms. The van der Waals surface area contributed by atoms with Crippen molar-refractivity contribution in [3.63, 3.8) is 0 Å². The van der Waals surface area contributed by atoms with Crippen LogP contribution in [-0.4, -0.2) is 29.4 Å². The molecule has 1 fully saturated rings. The summed E-state index contributed by atoms with van der Waals surface area (Å²) in [5.41, 5.74) is 0.424. The number of hydrogen-bond donors (Lipinski definition) is 0. The van der Waals surface area contributed by atoms with Gasteiger partial charge in [-0.3, -0.25) is 4.79 Å². The van der Waals surface area contributed by atoms with Crippen molar-refractivity contribution in [1.29, 1.82) is 5.26 Å². The number of urea groups is 1. The molecule has 1 heterocycles. The number of nitrogens with zero attached hydrogens (tertiary/aromatic N) is 3. The van der Waals surface area contributed by atoms with E-state index in [1.54, 1.807) is 26.1 Å². The molecule has 1 aromatic carbocycles. The van der Waals surface area contributed by atoms with E-state index >= 15 is 0 Å². The summed E-state index contributed by atoms with van der Waals surface area (Å²) in [5.74, 6) is -0.266. The number of rotatable bonds is 1. The monoisotopic (exact) mass is 315 g/mol. The largest absolute Gasteiger partial charge is 0.332 e. The van der Waals surface area contributed by atoms with Crippen LogP contribution >= 0.6 is 11.6 Å². The minimum atomic E-state index is -0.885. The minimum absolute atomic E-state index is 0.266. The van der Waals surface area contributed by atoms with Crippen molar-refractivity contribution in [2.75, 3.05) is 11.9 Å². The van der Waals surface area contributed by atoms with Crippen LogP contribution in [0.2, 0.25) is 5.02 Å². The molecule has 0 aromatic heterocycles. The van der Waals surface area contributed by atoms with Gasteiger partial charge >= 0.3 is 6.03 Å². The quantitative estimate of drug-likeness (QED) is 0.591. The fourth-order valence-electron chi connectivity index (χ4n) is 3.08. The number of imide groups is 1. The van der Waals surface area contributed by atoms with Gasteiger partial charge in [-0.15, -0.1) is 0 Å². The molecule has 0 radical (unpaired) electrons. The van der Waals surface area contributed by atoms with Crippen molar-refractivity contribution in [3.05, 3.63) is 40.4 Å². The molecule has 1 spiro atoms. The van der Waals surface area contributed by atoms with Crippen molar-refractivity contribution in [1.82, 2.24) is 4.90 Å². The average Bonchev–Trinajstić information content (AvgIpc) is 3.06. The van der Waals surface area contributed by atoms with Crippen LogP contribution in [0.5, 0.6) is 0 Å². The van der Waals surface area contributed by atoms with Gasteiger partial charge in [0, 0.05) is 7.05 Å². The third-order valence-electron chi connectivity index (χ3n) is 4.46. The lowest BCUT2D eigenvalue weighted by molar-refractivity contribution is -0.122. The van der Waals surface area contributed by atoms with Crippen molar-refractivity contribution in [3.8, 4) is 6.07 Å². The zero-order valence-corrected chi connectivity index (χ0v) is 13.0. The standard InChI is InChI=1S/C16H14ClN3O2/c1-10-12(6-5-11(9-18)13(10)17)20-14(21)16(7-3-4-8-16)19(2)15(20)22/h3,5-7H,4,8H2,1-2H3. The lowest BCUT2D eigenvalue weighted by atomic mass is 9.97. The minimum Gasteiger partial charge on any atom is -0.309 e. The van der Waals surface area contributed by atoms with Crippen LogP contribution in [0.15, 0.2) is 24.3 Å². The normalized spacial score (nSPS) is 23.7. The third-order valence-corrected chi connectivity index (χ3v) is 4.94. The summed E-state index contributed by atoms with van der Waals surface area (Å²) >= 11 is 6.16. The Hall–Kier alpha value is -2.32. The first kappa shape index (κ1) is 14.6. The number of carbonyl (C=O) groups is 2. The van der Waals surface area contributed by atoms with Gasteiger partial charge in [0.15, 0.2) is 0 Å². The summed E-state index contributed by atoms with van der Waals surface area (Å²) in [6.07, 6.45) is 5.08. The molecule has 3 rings (SSSR count). The summed E-state index contributed by atoms with van der Waals surface area (Å²) in [5, 5.41) is 9.28. The number of halogens is 1. The van der Waals surface area contributed by atoms with Gasteiger partial charge in [0.1, 0.15) is 11.6 Å². The van der Waals surface area contributed by atoms with Crippen molar-refractivity contribution < 1.29 is 9.59 Å². The second-order valence-electron chi connectivity index (χ2n) is 5.53. The maximum Gasteiger partial charge on any atom is 0.332 e. The Labute approximate surface area is 133 Å². The number of nitriles is 1. The Morgan fingerprint density at radius 3 is 2.68 bits per heavy atom. The van der Waals surface area contributed by atoms with E-state index in [1.807, 2.05) is 12.1 Å². The second-order valence-corrected chi connectivity index (χ2v) is 5.91. The number of benzene rings is 1. The predicted octanol–water partition coefficient (Wildman–Crippen LogP) is 3.01. The molecule has 1 atom stereocenters. The van der Waals surface area contributed by atoms with Gasteiger partial charge in [0.2, 0.25) is 0 Å². The molecule has 3 amide bonds. The molecule has 1 saturated heterocycles. The summed E-state index contributed by atoms with van der Waals surface area (Å²) in [4.78, 5) is 28.1. The fraction of sp³-hybridized carbons (Fsp3) is 0.312. The first-order valence-corrected chi connectivity index (χ1v) is 7.31. The van der Waals surface area contributed by atoms with Crippen LogP contribution in [0.4, 0.5) is 10.5 Å². The lowest BCUT2D eigenvalue weighted by Gasteiger charge is -2.25. The molecular formula is C16H14ClN3O2. The topological polar surface area (TPSA) is 64.4 Å². The summed E-state index contributed by atoms with van der Waals surface area (Å²) in [6.45, 7) is 1.70. The Kier molecular flexibility index (Phi) is 3.22. The number of hydrogen-bond acceptors (Lipinski definition) is 3. The molecular weight excluding hydrogens is 302 g/mol. The first-order valence-electron chi connectivity index (χ1n) is 6.93. The Morgan fingerprint density at radius 1 is 1.36 bits per heavy atom. The van der Waals surface area contributed by atoms with Crippen LogP contribution < -0.4 is 4.90 Å². The molecule has 6 heteroatoms. The van der Waals surface area contributed by atoms with E-state index in [-0.39, 0.29) is 17.0 Å². The maximum atomic E-state index is 12.9. The van der Waals surface area contributed by atoms with Crippen molar-refractivity contribution in [2.24, 2.45) is 0 Å². The highest BCUT2D eigenvalue weighted by atomic mass is 35.5. The van der Waals surface area contributed by atoms with Gasteiger partial charge < -0.3 is 4.90 Å². The van der Waals surface area contributed by atoms with E-state index in [0.29, 0.717) is 23.2 Å². The highest BCUT2D eigenvalue weighted by molar-refractivity contribution is 6.33. The van der Waals surface area contributed by atoms with E-state index in [9.17, 15) is 9.59 Å². The molecule has 0 N–H and O–H groups in total. The predicted molar refractivity (Wildman–Crippen MR) is 82.7 cm³/mol. The molecule has 1 aliphatic heterocycles. The third kappa shape index (κ3) is 1.71. The number of carbonyl (C=O) groups excluding carboxylic acids is 2. The van der Waals surface area contributed by atoms with Gasteiger partial charge in [-0.05, 0) is 37.5 Å². The lowest BCUT2D eigenvalue weighted by Crippen LogP contribution is -2.44. The van der Waals surface area contributed by atoms with Crippen molar-refractivity contribution in [2.45, 2.75) is 25.3 Å². The van der Waals surface area contributed by atoms with E-state index < -0.39 is 5.54 Å². The van der Waals surface area contributed by atoms with E-state index in [1.165, 1.54) is 11.0 Å². The van der Waals surface area contributed by atoms with Crippen LogP contribution in [0, 0.1) is 18.3 Å².